The molecule has 0 aliphatic heterocycles. The number of benzene rings is 1. The molecule has 1 aromatic carbocycles. The van der Waals surface area contributed by atoms with E-state index in [4.69, 9.17) is 0 Å². The summed E-state index contributed by atoms with van der Waals surface area (Å²) in [5.41, 5.74) is 2.76. The minimum absolute atomic E-state index is 0.589. The molecule has 0 unspecified atom stereocenters. The van der Waals surface area contributed by atoms with E-state index >= 15 is 0 Å². The van der Waals surface area contributed by atoms with Crippen molar-refractivity contribution in [1.29, 1.82) is 0 Å². The van der Waals surface area contributed by atoms with Crippen LogP contribution >= 0.6 is 15.9 Å². The highest BCUT2D eigenvalue weighted by Gasteiger charge is 2.01. The van der Waals surface area contributed by atoms with Crippen LogP contribution in [0.2, 0.25) is 0 Å². The van der Waals surface area contributed by atoms with Crippen molar-refractivity contribution in [3.05, 3.63) is 27.7 Å². The topological polar surface area (TPSA) is 46.2 Å². The summed E-state index contributed by atoms with van der Waals surface area (Å²) in [5, 5.41) is 0. The first-order valence-corrected chi connectivity index (χ1v) is 5.65. The van der Waals surface area contributed by atoms with Crippen LogP contribution in [0.25, 0.3) is 0 Å². The highest BCUT2D eigenvalue weighted by Crippen LogP contribution is 2.24. The summed E-state index contributed by atoms with van der Waals surface area (Å²) in [6.07, 6.45) is 0. The normalized spacial score (nSPS) is 10.5. The van der Waals surface area contributed by atoms with Crippen molar-refractivity contribution < 1.29 is 8.42 Å². The molecule has 0 atom stereocenters. The van der Waals surface area contributed by atoms with E-state index in [0.29, 0.717) is 5.69 Å². The van der Waals surface area contributed by atoms with E-state index in [0.717, 1.165) is 15.6 Å². The van der Waals surface area contributed by atoms with Gasteiger partial charge in [-0.3, -0.25) is 4.72 Å². The standard InChI is InChI=1S/C8H10BrNO2S/c1-5-3-7(10-13(11)12)4-8(9)6(5)2/h3-4,13H,1-2H3,(H,10,11,12). The van der Waals surface area contributed by atoms with E-state index < -0.39 is 10.9 Å². The number of thiol groups is 1. The Hall–Kier alpha value is -0.550. The first-order chi connectivity index (χ1) is 6.00. The summed E-state index contributed by atoms with van der Waals surface area (Å²) in [7, 11) is -2.58. The molecule has 0 aliphatic carbocycles. The number of hydrogen-bond donors (Lipinski definition) is 2. The van der Waals surface area contributed by atoms with Gasteiger partial charge in [-0.15, -0.1) is 0 Å². The van der Waals surface area contributed by atoms with Gasteiger partial charge in [0.15, 0.2) is 0 Å². The lowest BCUT2D eigenvalue weighted by molar-refractivity contribution is 0.619. The van der Waals surface area contributed by atoms with Gasteiger partial charge in [-0.05, 0) is 37.1 Å². The summed E-state index contributed by atoms with van der Waals surface area (Å²) < 4.78 is 24.0. The molecule has 0 amide bonds. The smallest absolute Gasteiger partial charge is 0.222 e. The molecule has 5 heteroatoms. The molecule has 0 bridgehead atoms. The Labute approximate surface area is 87.4 Å². The van der Waals surface area contributed by atoms with Gasteiger partial charge < -0.3 is 0 Å². The van der Waals surface area contributed by atoms with Crippen molar-refractivity contribution in [3.63, 3.8) is 0 Å². The van der Waals surface area contributed by atoms with Gasteiger partial charge in [0.2, 0.25) is 10.9 Å². The molecule has 3 nitrogen and oxygen atoms in total. The molecule has 1 aromatic rings. The molecule has 0 radical (unpaired) electrons. The van der Waals surface area contributed by atoms with Gasteiger partial charge in [0.1, 0.15) is 0 Å². The Balaban J connectivity index is 3.13. The fourth-order valence-electron chi connectivity index (χ4n) is 0.986. The molecule has 0 aliphatic rings. The lowest BCUT2D eigenvalue weighted by Gasteiger charge is -2.06. The number of aryl methyl sites for hydroxylation is 1. The predicted molar refractivity (Wildman–Crippen MR) is 57.6 cm³/mol. The lowest BCUT2D eigenvalue weighted by atomic mass is 10.1. The second kappa shape index (κ2) is 4.11. The first kappa shape index (κ1) is 10.5. The lowest BCUT2D eigenvalue weighted by Crippen LogP contribution is -1.96. The maximum atomic E-state index is 10.4. The van der Waals surface area contributed by atoms with E-state index in [-0.39, 0.29) is 0 Å². The largest absolute Gasteiger partial charge is 0.286 e. The molecule has 13 heavy (non-hydrogen) atoms. The molecule has 0 saturated carbocycles. The molecule has 0 fully saturated rings. The molecule has 72 valence electrons. The van der Waals surface area contributed by atoms with E-state index in [1.807, 2.05) is 13.8 Å². The zero-order chi connectivity index (χ0) is 10.0. The Bertz CT molecular complexity index is 370. The van der Waals surface area contributed by atoms with Gasteiger partial charge in [0.25, 0.3) is 0 Å². The number of hydrogen-bond acceptors (Lipinski definition) is 2. The molecule has 1 N–H and O–H groups in total. The molecular formula is C8H10BrNO2S. The van der Waals surface area contributed by atoms with Gasteiger partial charge in [0, 0.05) is 10.2 Å². The third-order valence-corrected chi connectivity index (χ3v) is 3.09. The average Bonchev–Trinajstić information content (AvgIpc) is 1.98. The van der Waals surface area contributed by atoms with Crippen LogP contribution in [0.1, 0.15) is 11.1 Å². The Morgan fingerprint density at radius 3 is 2.38 bits per heavy atom. The summed E-state index contributed by atoms with van der Waals surface area (Å²) in [6.45, 7) is 3.91. The minimum atomic E-state index is -2.58. The van der Waals surface area contributed by atoms with E-state index in [9.17, 15) is 8.42 Å². The van der Waals surface area contributed by atoms with E-state index in [2.05, 4.69) is 20.7 Å². The Morgan fingerprint density at radius 2 is 1.92 bits per heavy atom. The Kier molecular flexibility index (Phi) is 3.33. The van der Waals surface area contributed by atoms with Gasteiger partial charge in [-0.25, -0.2) is 8.42 Å². The van der Waals surface area contributed by atoms with Crippen molar-refractivity contribution >= 4 is 32.5 Å². The van der Waals surface area contributed by atoms with Crippen LogP contribution < -0.4 is 4.72 Å². The van der Waals surface area contributed by atoms with Crippen LogP contribution in [0.15, 0.2) is 16.6 Å². The third kappa shape index (κ3) is 2.70. The molecule has 0 heterocycles. The SMILES string of the molecule is Cc1cc(N[SH](=O)=O)cc(Br)c1C. The van der Waals surface area contributed by atoms with Crippen molar-refractivity contribution in [3.8, 4) is 0 Å². The van der Waals surface area contributed by atoms with Crippen molar-refractivity contribution in [2.45, 2.75) is 13.8 Å². The predicted octanol–water partition coefficient (Wildman–Crippen LogP) is 2.00. The van der Waals surface area contributed by atoms with Gasteiger partial charge in [-0.1, -0.05) is 15.9 Å². The summed E-state index contributed by atoms with van der Waals surface area (Å²) in [5.74, 6) is 0. The summed E-state index contributed by atoms with van der Waals surface area (Å²) >= 11 is 3.35. The van der Waals surface area contributed by atoms with Crippen LogP contribution in [0.5, 0.6) is 0 Å². The molecule has 1 rings (SSSR count). The van der Waals surface area contributed by atoms with Gasteiger partial charge in [-0.2, -0.15) is 0 Å². The number of rotatable bonds is 2. The van der Waals surface area contributed by atoms with Crippen LogP contribution in [0.4, 0.5) is 5.69 Å². The second-order valence-corrected chi connectivity index (χ2v) is 4.36. The maximum absolute atomic E-state index is 10.4. The van der Waals surface area contributed by atoms with Crippen molar-refractivity contribution in [1.82, 2.24) is 0 Å². The highest BCUT2D eigenvalue weighted by atomic mass is 79.9. The summed E-state index contributed by atoms with van der Waals surface area (Å²) in [4.78, 5) is 0. The highest BCUT2D eigenvalue weighted by molar-refractivity contribution is 9.10. The zero-order valence-electron chi connectivity index (χ0n) is 7.30. The number of anilines is 1. The van der Waals surface area contributed by atoms with Gasteiger partial charge >= 0.3 is 0 Å². The fraction of sp³-hybridized carbons (Fsp3) is 0.250. The number of nitrogens with one attached hydrogen (secondary N) is 1. The summed E-state index contributed by atoms with van der Waals surface area (Å²) in [6, 6.07) is 3.54. The van der Waals surface area contributed by atoms with Crippen LogP contribution in [0.3, 0.4) is 0 Å². The second-order valence-electron chi connectivity index (χ2n) is 2.77. The zero-order valence-corrected chi connectivity index (χ0v) is 9.78. The maximum Gasteiger partial charge on any atom is 0.222 e. The van der Waals surface area contributed by atoms with Crippen LogP contribution in [-0.4, -0.2) is 8.42 Å². The monoisotopic (exact) mass is 263 g/mol. The fourth-order valence-corrected chi connectivity index (χ4v) is 1.89. The first-order valence-electron chi connectivity index (χ1n) is 3.68. The molecule has 0 spiro atoms. The van der Waals surface area contributed by atoms with Crippen LogP contribution in [0, 0.1) is 13.8 Å². The third-order valence-electron chi connectivity index (χ3n) is 1.82. The molecular weight excluding hydrogens is 254 g/mol. The van der Waals surface area contributed by atoms with Gasteiger partial charge in [0.05, 0.1) is 0 Å². The Morgan fingerprint density at radius 1 is 1.31 bits per heavy atom. The van der Waals surface area contributed by atoms with Crippen LogP contribution in [-0.2, 0) is 10.9 Å². The van der Waals surface area contributed by atoms with E-state index in [1.54, 1.807) is 12.1 Å². The van der Waals surface area contributed by atoms with E-state index in [1.165, 1.54) is 0 Å². The number of halogens is 1. The average molecular weight is 264 g/mol. The minimum Gasteiger partial charge on any atom is -0.286 e. The molecule has 0 aromatic heterocycles. The quantitative estimate of drug-likeness (QED) is 0.802. The molecule has 0 saturated heterocycles. The van der Waals surface area contributed by atoms with Crippen molar-refractivity contribution in [2.24, 2.45) is 0 Å². The van der Waals surface area contributed by atoms with Crippen molar-refractivity contribution in [2.75, 3.05) is 4.72 Å².